The van der Waals surface area contributed by atoms with Crippen LogP contribution >= 0.6 is 11.3 Å². The summed E-state index contributed by atoms with van der Waals surface area (Å²) in [4.78, 5) is 25.8. The van der Waals surface area contributed by atoms with E-state index in [0.717, 1.165) is 4.73 Å². The molecule has 0 amide bonds. The van der Waals surface area contributed by atoms with Gasteiger partial charge in [-0.25, -0.2) is 0 Å². The summed E-state index contributed by atoms with van der Waals surface area (Å²) in [6.07, 6.45) is 0. The van der Waals surface area contributed by atoms with Crippen LogP contribution in [0.5, 0.6) is 0 Å². The Balaban J connectivity index is 2.82. The second-order valence-corrected chi connectivity index (χ2v) is 4.30. The Morgan fingerprint density at radius 1 is 1.19 bits per heavy atom. The van der Waals surface area contributed by atoms with E-state index >= 15 is 0 Å². The molecule has 2 N–H and O–H groups in total. The first-order valence-corrected chi connectivity index (χ1v) is 5.36. The summed E-state index contributed by atoms with van der Waals surface area (Å²) in [6, 6.07) is 6.90. The van der Waals surface area contributed by atoms with Crippen molar-refractivity contribution in [2.24, 2.45) is 0 Å². The van der Waals surface area contributed by atoms with Gasteiger partial charge in [0.2, 0.25) is 0 Å². The molecule has 0 unspecified atom stereocenters. The van der Waals surface area contributed by atoms with Gasteiger partial charge in [-0.2, -0.15) is 4.73 Å². The zero-order valence-corrected chi connectivity index (χ0v) is 8.75. The Labute approximate surface area is 91.8 Å². The highest BCUT2D eigenvalue weighted by Crippen LogP contribution is 2.09. The summed E-state index contributed by atoms with van der Waals surface area (Å²) in [5, 5.41) is 10.0. The van der Waals surface area contributed by atoms with Crippen LogP contribution in [0.25, 0.3) is 11.0 Å². The van der Waals surface area contributed by atoms with Crippen molar-refractivity contribution in [3.63, 3.8) is 0 Å². The summed E-state index contributed by atoms with van der Waals surface area (Å²) in [6.45, 7) is 0. The number of para-hydroxylation sites is 2. The number of rotatable bonds is 0. The molecule has 6 heteroatoms. The van der Waals surface area contributed by atoms with Gasteiger partial charge in [0, 0.05) is 0 Å². The van der Waals surface area contributed by atoms with Gasteiger partial charge >= 0.3 is 0 Å². The molecule has 0 atom stereocenters. The molecule has 0 bridgehead atoms. The van der Waals surface area contributed by atoms with Crippen LogP contribution in [0.15, 0.2) is 33.9 Å². The molecule has 0 spiro atoms. The molecule has 0 aliphatic carbocycles. The lowest BCUT2D eigenvalue weighted by Gasteiger charge is -2.02. The van der Waals surface area contributed by atoms with E-state index in [0.29, 0.717) is 22.4 Å². The van der Waals surface area contributed by atoms with Crippen molar-refractivity contribution in [3.05, 3.63) is 54.0 Å². The van der Waals surface area contributed by atoms with Crippen molar-refractivity contribution in [2.75, 3.05) is 0 Å². The molecule has 16 heavy (non-hydrogen) atoms. The average molecular weight is 234 g/mol. The van der Waals surface area contributed by atoms with E-state index in [9.17, 15) is 14.8 Å². The zero-order chi connectivity index (χ0) is 11.3. The smallest absolute Gasteiger partial charge is 0.265 e. The van der Waals surface area contributed by atoms with Gasteiger partial charge in [-0.15, -0.1) is 0 Å². The minimum absolute atomic E-state index is 0.00806. The van der Waals surface area contributed by atoms with Crippen LogP contribution < -0.4 is 9.48 Å². The molecular formula is C10H6N2O3S. The van der Waals surface area contributed by atoms with E-state index in [-0.39, 0.29) is 15.4 Å². The lowest BCUT2D eigenvalue weighted by atomic mass is 10.3. The monoisotopic (exact) mass is 234 g/mol. The topological polar surface area (TPSA) is 75.1 Å². The van der Waals surface area contributed by atoms with Crippen LogP contribution in [0.2, 0.25) is 0 Å². The number of fused-ring (bicyclic) bond motifs is 1. The van der Waals surface area contributed by atoms with Crippen LogP contribution in [-0.2, 0) is 0 Å². The quantitative estimate of drug-likeness (QED) is 0.562. The Morgan fingerprint density at radius 2 is 1.94 bits per heavy atom. The van der Waals surface area contributed by atoms with Crippen LogP contribution in [0.3, 0.4) is 0 Å². The van der Waals surface area contributed by atoms with E-state index in [4.69, 9.17) is 0 Å². The van der Waals surface area contributed by atoms with E-state index in [2.05, 4.69) is 4.98 Å². The number of hydrogen-bond donors (Lipinski definition) is 2. The fourth-order valence-electron chi connectivity index (χ4n) is 1.70. The third kappa shape index (κ3) is 1.04. The highest BCUT2D eigenvalue weighted by molar-refractivity contribution is 7.06. The molecule has 2 aliphatic rings. The third-order valence-electron chi connectivity index (χ3n) is 2.42. The summed E-state index contributed by atoms with van der Waals surface area (Å²) >= 11 is 0.584. The lowest BCUT2D eigenvalue weighted by Crippen LogP contribution is -2.08. The lowest BCUT2D eigenvalue weighted by molar-refractivity contribution is 0.190. The molecule has 2 aliphatic heterocycles. The molecule has 0 fully saturated rings. The molecule has 0 saturated heterocycles. The van der Waals surface area contributed by atoms with Gasteiger partial charge in [0.25, 0.3) is 9.48 Å². The molecular weight excluding hydrogens is 228 g/mol. The fourth-order valence-corrected chi connectivity index (χ4v) is 2.41. The van der Waals surface area contributed by atoms with E-state index < -0.39 is 4.74 Å². The van der Waals surface area contributed by atoms with Crippen molar-refractivity contribution >= 4 is 22.4 Å². The maximum absolute atomic E-state index is 11.5. The second kappa shape index (κ2) is 2.96. The maximum Gasteiger partial charge on any atom is 0.265 e. The van der Waals surface area contributed by atoms with Crippen molar-refractivity contribution in [1.29, 1.82) is 0 Å². The van der Waals surface area contributed by atoms with Crippen LogP contribution in [-0.4, -0.2) is 14.9 Å². The first kappa shape index (κ1) is 9.17. The van der Waals surface area contributed by atoms with Crippen LogP contribution in [0, 0.1) is 10.7 Å². The summed E-state index contributed by atoms with van der Waals surface area (Å²) < 4.78 is -0.0421. The van der Waals surface area contributed by atoms with Crippen molar-refractivity contribution in [1.82, 2.24) is 9.71 Å². The molecule has 0 aromatic heterocycles. The van der Waals surface area contributed by atoms with Gasteiger partial charge in [0.05, 0.1) is 5.52 Å². The number of nitrogens with one attached hydrogen (secondary N) is 1. The second-order valence-electron chi connectivity index (χ2n) is 3.35. The molecule has 5 nitrogen and oxygen atoms in total. The number of aromatic nitrogens is 2. The van der Waals surface area contributed by atoms with E-state index in [1.165, 1.54) is 0 Å². The summed E-state index contributed by atoms with van der Waals surface area (Å²) in [5.41, 5.74) is 1.07. The van der Waals surface area contributed by atoms with Gasteiger partial charge in [-0.05, 0) is 23.5 Å². The third-order valence-corrected chi connectivity index (χ3v) is 3.19. The van der Waals surface area contributed by atoms with Crippen molar-refractivity contribution < 1.29 is 5.21 Å². The normalized spacial score (nSPS) is 11.2. The van der Waals surface area contributed by atoms with Gasteiger partial charge in [-0.3, -0.25) is 9.59 Å². The van der Waals surface area contributed by atoms with E-state index in [1.807, 2.05) is 0 Å². The van der Waals surface area contributed by atoms with Gasteiger partial charge < -0.3 is 10.2 Å². The number of H-pyrrole nitrogens is 1. The first-order valence-electron chi connectivity index (χ1n) is 4.54. The Kier molecular flexibility index (Phi) is 1.69. The average Bonchev–Trinajstić information content (AvgIpc) is 2.55. The summed E-state index contributed by atoms with van der Waals surface area (Å²) in [5.74, 6) is 0. The zero-order valence-electron chi connectivity index (χ0n) is 7.93. The number of nitrogens with zero attached hydrogens (tertiary/aromatic N) is 1. The molecule has 2 heterocycles. The minimum Gasteiger partial charge on any atom is -0.428 e. The van der Waals surface area contributed by atoms with Gasteiger partial charge in [-0.1, -0.05) is 12.1 Å². The summed E-state index contributed by atoms with van der Waals surface area (Å²) in [7, 11) is 0. The molecule has 80 valence electrons. The molecule has 0 radical (unpaired) electrons. The standard InChI is InChI=1S/C10H6N2O3S/c13-9-7-8(10(14)16-9)12(15)6-4-2-1-3-5(6)11-7/h1-4,11,15H. The maximum atomic E-state index is 11.5. The highest BCUT2D eigenvalue weighted by atomic mass is 32.1. The number of benzene rings is 1. The Morgan fingerprint density at radius 3 is 2.75 bits per heavy atom. The molecule has 3 rings (SSSR count). The van der Waals surface area contributed by atoms with Gasteiger partial charge in [0.1, 0.15) is 10.9 Å². The van der Waals surface area contributed by atoms with Crippen LogP contribution in [0.4, 0.5) is 0 Å². The molecule has 0 saturated carbocycles. The van der Waals surface area contributed by atoms with Crippen molar-refractivity contribution in [2.45, 2.75) is 0 Å². The van der Waals surface area contributed by atoms with Gasteiger partial charge in [0.15, 0.2) is 5.35 Å². The predicted octanol–water partition coefficient (Wildman–Crippen LogP) is 0.713. The van der Waals surface area contributed by atoms with Crippen LogP contribution in [0.1, 0.15) is 0 Å². The highest BCUT2D eigenvalue weighted by Gasteiger charge is 2.09. The Hall–Kier alpha value is -2.08. The number of aromatic amines is 1. The van der Waals surface area contributed by atoms with E-state index in [1.54, 1.807) is 24.3 Å². The largest absolute Gasteiger partial charge is 0.428 e. The molecule has 1 aromatic rings. The first-order chi connectivity index (χ1) is 7.68. The minimum atomic E-state index is -0.440. The Bertz CT molecular complexity index is 858. The molecule has 1 aromatic carbocycles. The van der Waals surface area contributed by atoms with Crippen molar-refractivity contribution in [3.8, 4) is 0 Å². The predicted molar refractivity (Wildman–Crippen MR) is 59.2 cm³/mol. The SMILES string of the molecule is O=c1sc(=O)c2n(O)c3ccccc3[nH]c1=2. The number of hydrogen-bond acceptors (Lipinski definition) is 4. The fraction of sp³-hybridized carbons (Fsp3) is 0.